The van der Waals surface area contributed by atoms with Crippen molar-refractivity contribution in [3.05, 3.63) is 182 Å². The molecular formula is C49H30N2O2S. The first-order valence-corrected chi connectivity index (χ1v) is 18.8. The normalized spacial score (nSPS) is 11.7. The van der Waals surface area contributed by atoms with Crippen molar-refractivity contribution in [2.45, 2.75) is 0 Å². The van der Waals surface area contributed by atoms with Crippen molar-refractivity contribution in [2.24, 2.45) is 0 Å². The van der Waals surface area contributed by atoms with Crippen LogP contribution in [0, 0.1) is 0 Å². The first kappa shape index (κ1) is 30.7. The average molecular weight is 711 g/mol. The van der Waals surface area contributed by atoms with Crippen LogP contribution in [0.25, 0.3) is 86.9 Å². The lowest BCUT2D eigenvalue weighted by atomic mass is 10.00. The summed E-state index contributed by atoms with van der Waals surface area (Å²) in [5, 5.41) is 5.37. The Morgan fingerprint density at radius 3 is 1.93 bits per heavy atom. The predicted octanol–water partition coefficient (Wildman–Crippen LogP) is 14.6. The highest BCUT2D eigenvalue weighted by atomic mass is 32.1. The van der Waals surface area contributed by atoms with E-state index in [-0.39, 0.29) is 0 Å². The van der Waals surface area contributed by atoms with Crippen LogP contribution in [0.15, 0.2) is 191 Å². The van der Waals surface area contributed by atoms with Gasteiger partial charge in [0.15, 0.2) is 0 Å². The molecule has 8 aromatic carbocycles. The van der Waals surface area contributed by atoms with Crippen LogP contribution < -0.4 is 4.90 Å². The largest absolute Gasteiger partial charge is 0.456 e. The molecule has 0 fully saturated rings. The fourth-order valence-electron chi connectivity index (χ4n) is 7.75. The number of hydrogen-bond donors (Lipinski definition) is 0. The summed E-state index contributed by atoms with van der Waals surface area (Å²) in [6.45, 7) is 0. The highest BCUT2D eigenvalue weighted by molar-refractivity contribution is 7.21. The zero-order chi connectivity index (χ0) is 35.6. The molecule has 0 amide bonds. The van der Waals surface area contributed by atoms with Gasteiger partial charge in [-0.2, -0.15) is 0 Å². The van der Waals surface area contributed by atoms with Gasteiger partial charge in [0.25, 0.3) is 0 Å². The van der Waals surface area contributed by atoms with E-state index >= 15 is 0 Å². The molecular weight excluding hydrogens is 681 g/mol. The molecule has 0 atom stereocenters. The lowest BCUT2D eigenvalue weighted by Crippen LogP contribution is -2.11. The van der Waals surface area contributed by atoms with E-state index in [2.05, 4.69) is 169 Å². The van der Waals surface area contributed by atoms with Gasteiger partial charge in [-0.15, -0.1) is 11.3 Å². The standard InChI is InChI=1S/C49H30N2O2S/c1-3-11-32(12-4-1)37-15-7-9-17-41(37)51(36-24-25-39-38-16-8-10-18-42(38)53-45(39)30-36)35-22-19-31(20-23-35)34-21-26-43-40(29-34)47-44(52-43)27-28-46-48(47)50-49(54-46)33-13-5-2-6-14-33/h1-30H. The molecule has 4 nitrogen and oxygen atoms in total. The van der Waals surface area contributed by atoms with Crippen molar-refractivity contribution >= 4 is 82.5 Å². The monoisotopic (exact) mass is 710 g/mol. The van der Waals surface area contributed by atoms with Crippen LogP contribution in [-0.2, 0) is 0 Å². The van der Waals surface area contributed by atoms with Gasteiger partial charge in [-0.05, 0) is 77.4 Å². The van der Waals surface area contributed by atoms with Crippen LogP contribution in [-0.4, -0.2) is 4.98 Å². The van der Waals surface area contributed by atoms with Crippen LogP contribution in [0.3, 0.4) is 0 Å². The van der Waals surface area contributed by atoms with E-state index in [0.29, 0.717) is 0 Å². The number of hydrogen-bond acceptors (Lipinski definition) is 5. The lowest BCUT2D eigenvalue weighted by Gasteiger charge is -2.28. The van der Waals surface area contributed by atoms with E-state index in [1.807, 2.05) is 18.2 Å². The van der Waals surface area contributed by atoms with Crippen LogP contribution in [0.5, 0.6) is 0 Å². The Hall–Kier alpha value is -6.95. The van der Waals surface area contributed by atoms with Crippen molar-refractivity contribution in [3.63, 3.8) is 0 Å². The van der Waals surface area contributed by atoms with Crippen LogP contribution in [0.4, 0.5) is 17.1 Å². The lowest BCUT2D eigenvalue weighted by molar-refractivity contribution is 0.668. The summed E-state index contributed by atoms with van der Waals surface area (Å²) in [5.41, 5.74) is 13.3. The van der Waals surface area contributed by atoms with Crippen molar-refractivity contribution < 1.29 is 8.83 Å². The number of benzene rings is 8. The van der Waals surface area contributed by atoms with E-state index in [1.54, 1.807) is 11.3 Å². The maximum Gasteiger partial charge on any atom is 0.137 e. The van der Waals surface area contributed by atoms with E-state index in [0.717, 1.165) is 104 Å². The van der Waals surface area contributed by atoms with E-state index in [9.17, 15) is 0 Å². The molecule has 254 valence electrons. The highest BCUT2D eigenvalue weighted by Crippen LogP contribution is 2.44. The SMILES string of the molecule is c1ccc(-c2nc3c(ccc4oc5ccc(-c6ccc(N(c7ccc8c(c7)oc7ccccc78)c7ccccc7-c7ccccc7)cc6)cc5c43)s2)cc1. The molecule has 0 bridgehead atoms. The third kappa shape index (κ3) is 5.01. The van der Waals surface area contributed by atoms with Gasteiger partial charge in [0.1, 0.15) is 27.3 Å². The number of para-hydroxylation sites is 2. The second-order valence-electron chi connectivity index (χ2n) is 13.5. The van der Waals surface area contributed by atoms with Crippen molar-refractivity contribution in [3.8, 4) is 32.8 Å². The summed E-state index contributed by atoms with van der Waals surface area (Å²) in [6, 6.07) is 63.8. The van der Waals surface area contributed by atoms with Crippen LogP contribution in [0.2, 0.25) is 0 Å². The first-order chi connectivity index (χ1) is 26.7. The molecule has 0 saturated heterocycles. The van der Waals surface area contributed by atoms with Crippen LogP contribution in [0.1, 0.15) is 0 Å². The Labute approximate surface area is 314 Å². The van der Waals surface area contributed by atoms with Gasteiger partial charge in [0, 0.05) is 44.7 Å². The Bertz CT molecular complexity index is 3160. The second kappa shape index (κ2) is 12.3. The number of anilines is 3. The van der Waals surface area contributed by atoms with Gasteiger partial charge >= 0.3 is 0 Å². The van der Waals surface area contributed by atoms with E-state index in [4.69, 9.17) is 13.8 Å². The van der Waals surface area contributed by atoms with Crippen molar-refractivity contribution in [1.82, 2.24) is 4.98 Å². The molecule has 0 aliphatic rings. The van der Waals surface area contributed by atoms with Gasteiger partial charge in [-0.3, -0.25) is 0 Å². The molecule has 0 aliphatic heterocycles. The molecule has 0 spiro atoms. The minimum atomic E-state index is 0.851. The molecule has 0 saturated carbocycles. The van der Waals surface area contributed by atoms with Gasteiger partial charge in [0.2, 0.25) is 0 Å². The van der Waals surface area contributed by atoms with Gasteiger partial charge in [0.05, 0.1) is 21.3 Å². The van der Waals surface area contributed by atoms with Crippen LogP contribution >= 0.6 is 11.3 Å². The maximum absolute atomic E-state index is 6.38. The zero-order valence-electron chi connectivity index (χ0n) is 28.9. The summed E-state index contributed by atoms with van der Waals surface area (Å²) < 4.78 is 13.9. The van der Waals surface area contributed by atoms with Gasteiger partial charge < -0.3 is 13.7 Å². The van der Waals surface area contributed by atoms with Crippen molar-refractivity contribution in [2.75, 3.05) is 4.90 Å². The fourth-order valence-corrected chi connectivity index (χ4v) is 8.73. The van der Waals surface area contributed by atoms with Gasteiger partial charge in [-0.25, -0.2) is 4.98 Å². The zero-order valence-corrected chi connectivity index (χ0v) is 29.8. The highest BCUT2D eigenvalue weighted by Gasteiger charge is 2.20. The first-order valence-electron chi connectivity index (χ1n) is 18.0. The van der Waals surface area contributed by atoms with E-state index < -0.39 is 0 Å². The smallest absolute Gasteiger partial charge is 0.137 e. The summed E-state index contributed by atoms with van der Waals surface area (Å²) in [5.74, 6) is 0. The van der Waals surface area contributed by atoms with E-state index in [1.165, 1.54) is 0 Å². The Morgan fingerprint density at radius 1 is 0.426 bits per heavy atom. The summed E-state index contributed by atoms with van der Waals surface area (Å²) in [4.78, 5) is 7.46. The Balaban J connectivity index is 1.03. The second-order valence-corrected chi connectivity index (χ2v) is 14.6. The molecule has 11 aromatic rings. The molecule has 0 N–H and O–H groups in total. The minimum Gasteiger partial charge on any atom is -0.456 e. The van der Waals surface area contributed by atoms with Gasteiger partial charge in [-0.1, -0.05) is 115 Å². The average Bonchev–Trinajstić information content (AvgIpc) is 3.95. The fraction of sp³-hybridized carbons (Fsp3) is 0. The molecule has 5 heteroatoms. The number of furan rings is 2. The predicted molar refractivity (Wildman–Crippen MR) is 225 cm³/mol. The molecule has 11 rings (SSSR count). The molecule has 3 aromatic heterocycles. The number of aromatic nitrogens is 1. The molecule has 0 aliphatic carbocycles. The summed E-state index contributed by atoms with van der Waals surface area (Å²) >= 11 is 1.72. The summed E-state index contributed by atoms with van der Waals surface area (Å²) in [6.07, 6.45) is 0. The third-order valence-electron chi connectivity index (χ3n) is 10.3. The maximum atomic E-state index is 6.38. The Kier molecular flexibility index (Phi) is 7.00. The molecule has 0 unspecified atom stereocenters. The number of rotatable bonds is 6. The van der Waals surface area contributed by atoms with Crippen molar-refractivity contribution in [1.29, 1.82) is 0 Å². The Morgan fingerprint density at radius 2 is 1.07 bits per heavy atom. The molecule has 3 heterocycles. The number of fused-ring (bicyclic) bond motifs is 8. The number of thiazole rings is 1. The summed E-state index contributed by atoms with van der Waals surface area (Å²) in [7, 11) is 0. The quantitative estimate of drug-likeness (QED) is 0.172. The molecule has 0 radical (unpaired) electrons. The third-order valence-corrected chi connectivity index (χ3v) is 11.4. The minimum absolute atomic E-state index is 0.851. The number of nitrogens with zero attached hydrogens (tertiary/aromatic N) is 2. The topological polar surface area (TPSA) is 42.4 Å². The molecule has 54 heavy (non-hydrogen) atoms.